The van der Waals surface area contributed by atoms with Gasteiger partial charge in [-0.2, -0.15) is 0 Å². The number of rotatable bonds is 5. The summed E-state index contributed by atoms with van der Waals surface area (Å²) in [5, 5.41) is 2.77. The van der Waals surface area contributed by atoms with Gasteiger partial charge >= 0.3 is 0 Å². The summed E-state index contributed by atoms with van der Waals surface area (Å²) in [6.45, 7) is 0. The Balaban J connectivity index is 1.41. The lowest BCUT2D eigenvalue weighted by Gasteiger charge is -2.15. The van der Waals surface area contributed by atoms with Crippen molar-refractivity contribution in [2.24, 2.45) is 0 Å². The summed E-state index contributed by atoms with van der Waals surface area (Å²) >= 11 is 7.20. The van der Waals surface area contributed by atoms with Gasteiger partial charge in [-0.05, 0) is 60.7 Å². The highest BCUT2D eigenvalue weighted by Gasteiger charge is 2.40. The van der Waals surface area contributed by atoms with Crippen molar-refractivity contribution in [1.82, 2.24) is 0 Å². The van der Waals surface area contributed by atoms with Crippen LogP contribution in [0.1, 0.15) is 17.0 Å². The number of nitrogens with zero attached hydrogens (tertiary/aromatic N) is 1. The lowest BCUT2D eigenvalue weighted by molar-refractivity contribution is -0.121. The van der Waals surface area contributed by atoms with Crippen molar-refractivity contribution in [2.45, 2.75) is 16.6 Å². The molecule has 4 rings (SSSR count). The van der Waals surface area contributed by atoms with Gasteiger partial charge in [0.2, 0.25) is 11.8 Å². The molecule has 6 nitrogen and oxygen atoms in total. The monoisotopic (exact) mass is 426 g/mol. The highest BCUT2D eigenvalue weighted by molar-refractivity contribution is 8.00. The first-order valence-electron chi connectivity index (χ1n) is 8.75. The van der Waals surface area contributed by atoms with E-state index in [1.807, 2.05) is 0 Å². The average molecular weight is 427 g/mol. The number of benzene rings is 2. The van der Waals surface area contributed by atoms with Crippen LogP contribution in [0.5, 0.6) is 0 Å². The maximum Gasteiger partial charge on any atom is 0.291 e. The van der Waals surface area contributed by atoms with Gasteiger partial charge in [0.1, 0.15) is 0 Å². The zero-order valence-electron chi connectivity index (χ0n) is 15.0. The molecule has 146 valence electrons. The number of amides is 3. The quantitative estimate of drug-likeness (QED) is 0.602. The van der Waals surface area contributed by atoms with Gasteiger partial charge < -0.3 is 9.73 Å². The van der Waals surface area contributed by atoms with Gasteiger partial charge in [-0.15, -0.1) is 11.8 Å². The molecule has 2 aromatic carbocycles. The largest absolute Gasteiger partial charge is 0.459 e. The Morgan fingerprint density at radius 1 is 1.07 bits per heavy atom. The average Bonchev–Trinajstić information content (AvgIpc) is 3.34. The molecule has 0 aliphatic carbocycles. The molecule has 1 atom stereocenters. The molecular weight excluding hydrogens is 412 g/mol. The standard InChI is InChI=1S/C21H15ClN2O4S/c22-13-3-7-15(8-4-13)24-19(25)12-18(21(24)27)29-16-9-5-14(6-10-16)23-20(26)17-2-1-11-28-17/h1-11,18H,12H2,(H,23,26). The van der Waals surface area contributed by atoms with Crippen LogP contribution in [0.25, 0.3) is 0 Å². The number of hydrogen-bond acceptors (Lipinski definition) is 5. The molecule has 0 spiro atoms. The Labute approximate surface area is 175 Å². The predicted molar refractivity (Wildman–Crippen MR) is 111 cm³/mol. The fraction of sp³-hybridized carbons (Fsp3) is 0.0952. The number of imide groups is 1. The fourth-order valence-electron chi connectivity index (χ4n) is 2.94. The lowest BCUT2D eigenvalue weighted by Crippen LogP contribution is -2.31. The summed E-state index contributed by atoms with van der Waals surface area (Å²) in [6.07, 6.45) is 1.56. The minimum Gasteiger partial charge on any atom is -0.459 e. The second-order valence-corrected chi connectivity index (χ2v) is 8.02. The second kappa shape index (κ2) is 8.14. The SMILES string of the molecule is O=C(Nc1ccc(SC2CC(=O)N(c3ccc(Cl)cc3)C2=O)cc1)c1ccco1. The Kier molecular flexibility index (Phi) is 5.42. The molecule has 1 N–H and O–H groups in total. The number of anilines is 2. The zero-order chi connectivity index (χ0) is 20.4. The van der Waals surface area contributed by atoms with Crippen LogP contribution in [0.4, 0.5) is 11.4 Å². The number of hydrogen-bond donors (Lipinski definition) is 1. The zero-order valence-corrected chi connectivity index (χ0v) is 16.6. The van der Waals surface area contributed by atoms with Crippen LogP contribution in [-0.4, -0.2) is 23.0 Å². The summed E-state index contributed by atoms with van der Waals surface area (Å²) in [6, 6.07) is 16.9. The highest BCUT2D eigenvalue weighted by atomic mass is 35.5. The summed E-state index contributed by atoms with van der Waals surface area (Å²) < 4.78 is 5.06. The second-order valence-electron chi connectivity index (χ2n) is 6.31. The van der Waals surface area contributed by atoms with E-state index < -0.39 is 5.25 Å². The number of nitrogens with one attached hydrogen (secondary N) is 1. The molecule has 29 heavy (non-hydrogen) atoms. The van der Waals surface area contributed by atoms with E-state index in [1.54, 1.807) is 60.7 Å². The third-order valence-electron chi connectivity index (χ3n) is 4.33. The lowest BCUT2D eigenvalue weighted by atomic mass is 10.3. The van der Waals surface area contributed by atoms with Gasteiger partial charge in [-0.1, -0.05) is 11.6 Å². The Morgan fingerprint density at radius 3 is 2.45 bits per heavy atom. The van der Waals surface area contributed by atoms with Crippen LogP contribution in [0.2, 0.25) is 5.02 Å². The molecule has 1 unspecified atom stereocenters. The van der Waals surface area contributed by atoms with Crippen molar-refractivity contribution >= 4 is 52.5 Å². The number of carbonyl (C=O) groups excluding carboxylic acids is 3. The number of thioether (sulfide) groups is 1. The number of carbonyl (C=O) groups is 3. The van der Waals surface area contributed by atoms with Crippen LogP contribution in [0.3, 0.4) is 0 Å². The Bertz CT molecular complexity index is 1050. The Hall–Kier alpha value is -3.03. The smallest absolute Gasteiger partial charge is 0.291 e. The molecule has 0 bridgehead atoms. The topological polar surface area (TPSA) is 79.6 Å². The maximum atomic E-state index is 12.7. The van der Waals surface area contributed by atoms with Crippen LogP contribution in [-0.2, 0) is 9.59 Å². The molecular formula is C21H15ClN2O4S. The first kappa shape index (κ1) is 19.3. The molecule has 1 aliphatic heterocycles. The highest BCUT2D eigenvalue weighted by Crippen LogP contribution is 2.34. The number of furan rings is 1. The summed E-state index contributed by atoms with van der Waals surface area (Å²) in [4.78, 5) is 39.1. The molecule has 8 heteroatoms. The summed E-state index contributed by atoms with van der Waals surface area (Å²) in [5.41, 5.74) is 1.12. The van der Waals surface area contributed by atoms with Crippen LogP contribution in [0, 0.1) is 0 Å². The van der Waals surface area contributed by atoms with E-state index in [2.05, 4.69) is 5.32 Å². The normalized spacial score (nSPS) is 16.3. The first-order chi connectivity index (χ1) is 14.0. The first-order valence-corrected chi connectivity index (χ1v) is 10.0. The van der Waals surface area contributed by atoms with Crippen molar-refractivity contribution in [3.8, 4) is 0 Å². The van der Waals surface area contributed by atoms with Gasteiger partial charge in [0.05, 0.1) is 17.2 Å². The van der Waals surface area contributed by atoms with Crippen LogP contribution >= 0.6 is 23.4 Å². The van der Waals surface area contributed by atoms with Gasteiger partial charge in [0.15, 0.2) is 5.76 Å². The molecule has 0 saturated carbocycles. The van der Waals surface area contributed by atoms with Crippen molar-refractivity contribution in [1.29, 1.82) is 0 Å². The van der Waals surface area contributed by atoms with Crippen LogP contribution < -0.4 is 10.2 Å². The molecule has 0 radical (unpaired) electrons. The van der Waals surface area contributed by atoms with E-state index in [4.69, 9.17) is 16.0 Å². The van der Waals surface area contributed by atoms with Crippen molar-refractivity contribution < 1.29 is 18.8 Å². The fourth-order valence-corrected chi connectivity index (χ4v) is 4.12. The molecule has 3 aromatic rings. The van der Waals surface area contributed by atoms with Gasteiger partial charge in [-0.25, -0.2) is 4.90 Å². The Morgan fingerprint density at radius 2 is 1.79 bits per heavy atom. The van der Waals surface area contributed by atoms with E-state index in [0.717, 1.165) is 4.90 Å². The molecule has 1 aliphatic rings. The van der Waals surface area contributed by atoms with Crippen molar-refractivity contribution in [3.63, 3.8) is 0 Å². The van der Waals surface area contributed by atoms with E-state index in [1.165, 1.54) is 22.9 Å². The van der Waals surface area contributed by atoms with Gasteiger partial charge in [-0.3, -0.25) is 14.4 Å². The van der Waals surface area contributed by atoms with E-state index >= 15 is 0 Å². The predicted octanol–water partition coefficient (Wildman–Crippen LogP) is 4.61. The van der Waals surface area contributed by atoms with E-state index in [-0.39, 0.29) is 29.9 Å². The van der Waals surface area contributed by atoms with Crippen molar-refractivity contribution in [2.75, 3.05) is 10.2 Å². The molecule has 1 saturated heterocycles. The summed E-state index contributed by atoms with van der Waals surface area (Å²) in [7, 11) is 0. The molecule has 1 aromatic heterocycles. The van der Waals surface area contributed by atoms with Crippen molar-refractivity contribution in [3.05, 3.63) is 77.7 Å². The molecule has 3 amide bonds. The van der Waals surface area contributed by atoms with E-state index in [9.17, 15) is 14.4 Å². The van der Waals surface area contributed by atoms with Crippen LogP contribution in [0.15, 0.2) is 76.2 Å². The maximum absolute atomic E-state index is 12.7. The molecule has 2 heterocycles. The van der Waals surface area contributed by atoms with Gasteiger partial charge in [0, 0.05) is 22.0 Å². The number of halogens is 1. The minimum atomic E-state index is -0.498. The summed E-state index contributed by atoms with van der Waals surface area (Å²) in [5.74, 6) is -0.610. The van der Waals surface area contributed by atoms with E-state index in [0.29, 0.717) is 16.4 Å². The minimum absolute atomic E-state index is 0.128. The van der Waals surface area contributed by atoms with Gasteiger partial charge in [0.25, 0.3) is 5.91 Å². The third-order valence-corrected chi connectivity index (χ3v) is 5.77. The molecule has 1 fully saturated rings. The third kappa shape index (κ3) is 4.21.